The van der Waals surface area contributed by atoms with Crippen molar-refractivity contribution in [3.05, 3.63) is 70.8 Å². The van der Waals surface area contributed by atoms with Gasteiger partial charge in [-0.1, -0.05) is 12.1 Å². The lowest BCUT2D eigenvalue weighted by Gasteiger charge is -2.58. The van der Waals surface area contributed by atoms with E-state index in [0.717, 1.165) is 61.5 Å². The smallest absolute Gasteiger partial charge is 0.278 e. The third kappa shape index (κ3) is 4.46. The molecule has 4 aromatic rings. The van der Waals surface area contributed by atoms with Gasteiger partial charge in [-0.15, -0.1) is 6.58 Å². The zero-order valence-electron chi connectivity index (χ0n) is 26.1. The summed E-state index contributed by atoms with van der Waals surface area (Å²) in [7, 11) is 1.70. The van der Waals surface area contributed by atoms with E-state index in [0.29, 0.717) is 46.6 Å². The molecule has 3 aromatic heterocycles. The lowest BCUT2D eigenvalue weighted by Crippen LogP contribution is -2.70. The summed E-state index contributed by atoms with van der Waals surface area (Å²) in [6, 6.07) is 11.7. The molecule has 3 saturated heterocycles. The Hall–Kier alpha value is -4.22. The average Bonchev–Trinajstić information content (AvgIpc) is 3.77. The minimum Gasteiger partial charge on any atom is -0.495 e. The standard InChI is InChI=1S/C34H40N8O3/c1-5-14-40-32(44)25-17-35-33(38-31(25)42(40)28-9-6-21-10-11-34(12-13-34)30(43)29(21)37-28)36-22-7-8-26(27(15-22)45-4)39-18-23-16-24(19-39)41(23)20(2)3/h5-9,15,17,20,23-24,30,43H,1,10-14,16,18-19H2,2-4H3,(H,35,36,38). The largest absolute Gasteiger partial charge is 0.495 e. The zero-order chi connectivity index (χ0) is 31.0. The van der Waals surface area contributed by atoms with Crippen molar-refractivity contribution in [2.75, 3.05) is 30.4 Å². The molecule has 0 amide bonds. The Labute approximate surface area is 262 Å². The Morgan fingerprint density at radius 1 is 1.16 bits per heavy atom. The molecule has 2 bridgehead atoms. The molecule has 234 valence electrons. The molecule has 3 unspecified atom stereocenters. The molecular formula is C34H40N8O3. The highest BCUT2D eigenvalue weighted by molar-refractivity contribution is 5.77. The Morgan fingerprint density at radius 3 is 2.67 bits per heavy atom. The fourth-order valence-electron chi connectivity index (χ4n) is 7.99. The topological polar surface area (TPSA) is 114 Å². The third-order valence-electron chi connectivity index (χ3n) is 10.4. The van der Waals surface area contributed by atoms with Crippen molar-refractivity contribution in [3.63, 3.8) is 0 Å². The van der Waals surface area contributed by atoms with Gasteiger partial charge < -0.3 is 20.1 Å². The number of piperidine rings is 1. The van der Waals surface area contributed by atoms with Crippen LogP contribution in [0.4, 0.5) is 17.3 Å². The second-order valence-corrected chi connectivity index (χ2v) is 13.4. The number of hydrogen-bond acceptors (Lipinski definition) is 9. The maximum Gasteiger partial charge on any atom is 0.278 e. The number of aliphatic hydroxyl groups is 1. The number of aliphatic hydroxyl groups excluding tert-OH is 1. The summed E-state index contributed by atoms with van der Waals surface area (Å²) < 4.78 is 9.13. The summed E-state index contributed by atoms with van der Waals surface area (Å²) in [6.45, 7) is 10.7. The number of benzene rings is 1. The van der Waals surface area contributed by atoms with Crippen LogP contribution in [0.25, 0.3) is 16.9 Å². The first-order valence-corrected chi connectivity index (χ1v) is 16.1. The van der Waals surface area contributed by atoms with Crippen LogP contribution in [0.3, 0.4) is 0 Å². The number of nitrogens with zero attached hydrogens (tertiary/aromatic N) is 7. The van der Waals surface area contributed by atoms with Crippen LogP contribution in [0.15, 0.2) is 54.0 Å². The number of hydrogen-bond donors (Lipinski definition) is 2. The number of piperazine rings is 1. The van der Waals surface area contributed by atoms with E-state index in [-0.39, 0.29) is 17.5 Å². The number of methoxy groups -OCH3 is 1. The van der Waals surface area contributed by atoms with Gasteiger partial charge in [0.2, 0.25) is 5.95 Å². The number of ether oxygens (including phenoxy) is 1. The maximum atomic E-state index is 13.5. The monoisotopic (exact) mass is 608 g/mol. The fourth-order valence-corrected chi connectivity index (χ4v) is 7.99. The predicted molar refractivity (Wildman–Crippen MR) is 174 cm³/mol. The summed E-state index contributed by atoms with van der Waals surface area (Å²) in [6.07, 6.45) is 7.83. The molecule has 3 atom stereocenters. The van der Waals surface area contributed by atoms with Crippen molar-refractivity contribution in [1.82, 2.24) is 29.2 Å². The summed E-state index contributed by atoms with van der Waals surface area (Å²) in [5.74, 6) is 1.67. The number of allylic oxidation sites excluding steroid dienone is 1. The number of anilines is 3. The van der Waals surface area contributed by atoms with Crippen molar-refractivity contribution in [3.8, 4) is 11.6 Å². The van der Waals surface area contributed by atoms with Crippen LogP contribution < -0.4 is 20.5 Å². The molecule has 45 heavy (non-hydrogen) atoms. The van der Waals surface area contributed by atoms with Crippen molar-refractivity contribution in [1.29, 1.82) is 0 Å². The number of aromatic nitrogens is 5. The summed E-state index contributed by atoms with van der Waals surface area (Å²) in [4.78, 5) is 32.8. The van der Waals surface area contributed by atoms with Crippen molar-refractivity contribution >= 4 is 28.4 Å². The molecule has 3 aliphatic heterocycles. The molecule has 11 nitrogen and oxygen atoms in total. The molecule has 5 aliphatic rings. The lowest BCUT2D eigenvalue weighted by molar-refractivity contribution is -0.0271. The minimum absolute atomic E-state index is 0.0448. The number of aryl methyl sites for hydroxylation is 1. The lowest BCUT2D eigenvalue weighted by atomic mass is 9.82. The van der Waals surface area contributed by atoms with Gasteiger partial charge in [0.1, 0.15) is 17.2 Å². The normalized spacial score (nSPS) is 23.2. The van der Waals surface area contributed by atoms with E-state index in [1.54, 1.807) is 28.7 Å². The summed E-state index contributed by atoms with van der Waals surface area (Å²) >= 11 is 0. The molecule has 1 saturated carbocycles. The molecular weight excluding hydrogens is 568 g/mol. The second-order valence-electron chi connectivity index (χ2n) is 13.4. The van der Waals surface area contributed by atoms with E-state index >= 15 is 0 Å². The van der Waals surface area contributed by atoms with Crippen LogP contribution in [-0.4, -0.2) is 72.6 Å². The predicted octanol–water partition coefficient (Wildman–Crippen LogP) is 4.35. The molecule has 0 radical (unpaired) electrons. The van der Waals surface area contributed by atoms with E-state index in [4.69, 9.17) is 14.7 Å². The number of nitrogens with one attached hydrogen (secondary N) is 1. The summed E-state index contributed by atoms with van der Waals surface area (Å²) in [5.41, 5.74) is 3.80. The fraction of sp³-hybridized carbons (Fsp3) is 0.471. The number of pyridine rings is 1. The second kappa shape index (κ2) is 10.4. The molecule has 2 aliphatic carbocycles. The van der Waals surface area contributed by atoms with E-state index in [1.807, 2.05) is 24.3 Å². The molecule has 6 heterocycles. The van der Waals surface area contributed by atoms with Gasteiger partial charge in [0.05, 0.1) is 25.0 Å². The van der Waals surface area contributed by atoms with Crippen LogP contribution in [-0.2, 0) is 13.0 Å². The molecule has 11 heteroatoms. The third-order valence-corrected chi connectivity index (χ3v) is 10.4. The highest BCUT2D eigenvalue weighted by Crippen LogP contribution is 2.60. The van der Waals surface area contributed by atoms with Crippen LogP contribution in [0.5, 0.6) is 5.75 Å². The van der Waals surface area contributed by atoms with Crippen LogP contribution >= 0.6 is 0 Å². The van der Waals surface area contributed by atoms with Crippen LogP contribution in [0, 0.1) is 5.41 Å². The van der Waals surface area contributed by atoms with E-state index in [2.05, 4.69) is 46.6 Å². The highest BCUT2D eigenvalue weighted by Gasteiger charge is 2.52. The maximum absolute atomic E-state index is 13.5. The first-order chi connectivity index (χ1) is 21.8. The van der Waals surface area contributed by atoms with Crippen molar-refractivity contribution < 1.29 is 9.84 Å². The highest BCUT2D eigenvalue weighted by atomic mass is 16.5. The Kier molecular flexibility index (Phi) is 6.54. The zero-order valence-corrected chi connectivity index (χ0v) is 26.1. The molecule has 4 fully saturated rings. The minimum atomic E-state index is -0.600. The molecule has 9 rings (SSSR count). The van der Waals surface area contributed by atoms with E-state index in [1.165, 1.54) is 6.42 Å². The molecule has 1 spiro atoms. The molecule has 2 N–H and O–H groups in total. The van der Waals surface area contributed by atoms with Crippen molar-refractivity contribution in [2.45, 2.75) is 76.7 Å². The van der Waals surface area contributed by atoms with Gasteiger partial charge in [-0.25, -0.2) is 19.3 Å². The number of fused-ring (bicyclic) bond motifs is 4. The van der Waals surface area contributed by atoms with Gasteiger partial charge in [-0.05, 0) is 69.7 Å². The van der Waals surface area contributed by atoms with Gasteiger partial charge in [0, 0.05) is 54.6 Å². The summed E-state index contributed by atoms with van der Waals surface area (Å²) in [5, 5.41) is 14.9. The first-order valence-electron chi connectivity index (χ1n) is 16.1. The number of rotatable bonds is 8. The quantitative estimate of drug-likeness (QED) is 0.282. The van der Waals surface area contributed by atoms with Gasteiger partial charge >= 0.3 is 0 Å². The Morgan fingerprint density at radius 2 is 1.96 bits per heavy atom. The SMILES string of the molecule is C=CCn1c(=O)c2cnc(Nc3ccc(N4CC5CC(C4)N5C(C)C)c(OC)c3)nc2n1-c1ccc2c(n1)C(O)C1(CC2)CC1. The Balaban J connectivity index is 1.12. The van der Waals surface area contributed by atoms with Gasteiger partial charge in [0.25, 0.3) is 5.56 Å². The van der Waals surface area contributed by atoms with Gasteiger partial charge in [-0.3, -0.25) is 9.69 Å². The van der Waals surface area contributed by atoms with E-state index < -0.39 is 6.10 Å². The van der Waals surface area contributed by atoms with Crippen molar-refractivity contribution in [2.24, 2.45) is 5.41 Å². The average molecular weight is 609 g/mol. The van der Waals surface area contributed by atoms with E-state index in [9.17, 15) is 9.90 Å². The Bertz CT molecular complexity index is 1860. The first kappa shape index (κ1) is 28.3. The van der Waals surface area contributed by atoms with Gasteiger partial charge in [0.15, 0.2) is 11.5 Å². The van der Waals surface area contributed by atoms with Gasteiger partial charge in [-0.2, -0.15) is 4.98 Å². The molecule has 1 aromatic carbocycles. The van der Waals surface area contributed by atoms with Crippen LogP contribution in [0.1, 0.15) is 56.9 Å². The van der Waals surface area contributed by atoms with Crippen LogP contribution in [0.2, 0.25) is 0 Å².